The van der Waals surface area contributed by atoms with E-state index in [1.807, 2.05) is 18.5 Å². The molecule has 9 heteroatoms. The highest BCUT2D eigenvalue weighted by Crippen LogP contribution is 2.19. The number of hydrogen-bond acceptors (Lipinski definition) is 5. The van der Waals surface area contributed by atoms with Crippen molar-refractivity contribution >= 4 is 41.3 Å². The summed E-state index contributed by atoms with van der Waals surface area (Å²) in [6, 6.07) is 4.28. The van der Waals surface area contributed by atoms with Gasteiger partial charge in [-0.05, 0) is 64.6 Å². The molecule has 3 rings (SSSR count). The summed E-state index contributed by atoms with van der Waals surface area (Å²) in [4.78, 5) is 8.77. The maximum Gasteiger partial charge on any atom is 0.191 e. The van der Waals surface area contributed by atoms with Gasteiger partial charge in [-0.25, -0.2) is 4.99 Å². The highest BCUT2D eigenvalue weighted by molar-refractivity contribution is 14.0. The number of aryl methyl sites for hydroxylation is 1. The van der Waals surface area contributed by atoms with Gasteiger partial charge in [-0.3, -0.25) is 4.90 Å². The van der Waals surface area contributed by atoms with Crippen molar-refractivity contribution in [3.05, 3.63) is 34.0 Å². The molecule has 0 aromatic carbocycles. The van der Waals surface area contributed by atoms with E-state index in [0.29, 0.717) is 6.54 Å². The molecule has 1 fully saturated rings. The molecule has 1 aliphatic rings. The lowest BCUT2D eigenvalue weighted by atomic mass is 9.98. The lowest BCUT2D eigenvalue weighted by Gasteiger charge is -2.41. The van der Waals surface area contributed by atoms with Crippen LogP contribution < -0.4 is 10.6 Å². The number of nitrogens with one attached hydrogen (secondary N) is 2. The van der Waals surface area contributed by atoms with E-state index in [-0.39, 0.29) is 29.5 Å². The van der Waals surface area contributed by atoms with Crippen molar-refractivity contribution < 1.29 is 0 Å². The molecule has 7 nitrogen and oxygen atoms in total. The summed E-state index contributed by atoms with van der Waals surface area (Å²) < 4.78 is 1.99. The van der Waals surface area contributed by atoms with E-state index in [1.165, 1.54) is 37.2 Å². The van der Waals surface area contributed by atoms with Crippen LogP contribution in [-0.2, 0) is 20.0 Å². The minimum Gasteiger partial charge on any atom is -0.356 e. The number of rotatable bonds is 8. The van der Waals surface area contributed by atoms with Crippen molar-refractivity contribution in [2.24, 2.45) is 12.0 Å². The van der Waals surface area contributed by atoms with Crippen LogP contribution in [0.3, 0.4) is 0 Å². The topological polar surface area (TPSA) is 70.4 Å². The number of piperidine rings is 1. The van der Waals surface area contributed by atoms with Gasteiger partial charge < -0.3 is 15.2 Å². The Balaban J connectivity index is 0.00000320. The average molecular weight is 546 g/mol. The predicted molar refractivity (Wildman–Crippen MR) is 136 cm³/mol. The number of halogens is 1. The van der Waals surface area contributed by atoms with Gasteiger partial charge in [0.2, 0.25) is 0 Å². The number of aromatic nitrogens is 3. The Labute approximate surface area is 201 Å². The van der Waals surface area contributed by atoms with Crippen LogP contribution in [0.4, 0.5) is 0 Å². The lowest BCUT2D eigenvalue weighted by molar-refractivity contribution is 0.0982. The van der Waals surface area contributed by atoms with Crippen molar-refractivity contribution in [3.8, 4) is 0 Å². The fraction of sp³-hybridized carbons (Fsp3) is 0.667. The third kappa shape index (κ3) is 7.19. The van der Waals surface area contributed by atoms with Gasteiger partial charge in [0.25, 0.3) is 0 Å². The molecule has 0 spiro atoms. The van der Waals surface area contributed by atoms with Crippen molar-refractivity contribution in [3.63, 3.8) is 0 Å². The number of guanidine groups is 1. The fourth-order valence-corrected chi connectivity index (χ4v) is 4.29. The number of thiophene rings is 1. The molecule has 0 bridgehead atoms. The van der Waals surface area contributed by atoms with Crippen LogP contribution in [0.25, 0.3) is 0 Å². The Kier molecular flexibility index (Phi) is 10.0. The summed E-state index contributed by atoms with van der Waals surface area (Å²) >= 11 is 1.80. The summed E-state index contributed by atoms with van der Waals surface area (Å²) in [5, 5.41) is 17.6. The largest absolute Gasteiger partial charge is 0.356 e. The normalized spacial score (nSPS) is 15.7. The first kappa shape index (κ1) is 25.1. The summed E-state index contributed by atoms with van der Waals surface area (Å²) in [6.45, 7) is 11.2. The molecule has 0 saturated carbocycles. The zero-order valence-electron chi connectivity index (χ0n) is 18.6. The maximum absolute atomic E-state index is 4.79. The molecule has 2 N–H and O–H groups in total. The summed E-state index contributed by atoms with van der Waals surface area (Å²) in [6.07, 6.45) is 4.95. The first-order chi connectivity index (χ1) is 14.0. The van der Waals surface area contributed by atoms with Crippen molar-refractivity contribution in [2.45, 2.75) is 58.5 Å². The van der Waals surface area contributed by atoms with Gasteiger partial charge in [0, 0.05) is 30.6 Å². The smallest absolute Gasteiger partial charge is 0.191 e. The summed E-state index contributed by atoms with van der Waals surface area (Å²) in [7, 11) is 1.98. The van der Waals surface area contributed by atoms with Gasteiger partial charge in [-0.1, -0.05) is 12.5 Å². The molecule has 0 atom stereocenters. The molecular formula is C21H36IN7S. The van der Waals surface area contributed by atoms with E-state index in [2.05, 4.69) is 57.1 Å². The molecular weight excluding hydrogens is 509 g/mol. The van der Waals surface area contributed by atoms with Crippen molar-refractivity contribution in [1.82, 2.24) is 30.3 Å². The lowest BCUT2D eigenvalue weighted by Crippen LogP contribution is -2.55. The quantitative estimate of drug-likeness (QED) is 0.303. The van der Waals surface area contributed by atoms with E-state index in [4.69, 9.17) is 4.99 Å². The van der Waals surface area contributed by atoms with Gasteiger partial charge in [0.15, 0.2) is 11.8 Å². The number of hydrogen-bond donors (Lipinski definition) is 2. The summed E-state index contributed by atoms with van der Waals surface area (Å²) in [5.41, 5.74) is 0.0952. The molecule has 1 aliphatic heterocycles. The van der Waals surface area contributed by atoms with E-state index >= 15 is 0 Å². The SMILES string of the molecule is Cc1nnc(CN=C(NCCc2cccs2)NCC(C)(C)N2CCCCC2)n1C.I. The van der Waals surface area contributed by atoms with E-state index in [1.54, 1.807) is 11.3 Å². The Morgan fingerprint density at radius 1 is 1.20 bits per heavy atom. The molecule has 3 heterocycles. The van der Waals surface area contributed by atoms with Crippen LogP contribution >= 0.6 is 35.3 Å². The molecule has 168 valence electrons. The first-order valence-electron chi connectivity index (χ1n) is 10.6. The Hall–Kier alpha value is -1.20. The highest BCUT2D eigenvalue weighted by Gasteiger charge is 2.27. The van der Waals surface area contributed by atoms with Crippen LogP contribution in [0.2, 0.25) is 0 Å². The van der Waals surface area contributed by atoms with Crippen molar-refractivity contribution in [1.29, 1.82) is 0 Å². The molecule has 2 aromatic heterocycles. The Morgan fingerprint density at radius 2 is 1.97 bits per heavy atom. The van der Waals surface area contributed by atoms with Gasteiger partial charge in [0.05, 0.1) is 0 Å². The average Bonchev–Trinajstić information content (AvgIpc) is 3.35. The van der Waals surface area contributed by atoms with Gasteiger partial charge in [0.1, 0.15) is 12.4 Å². The van der Waals surface area contributed by atoms with Crippen LogP contribution in [0.15, 0.2) is 22.5 Å². The van der Waals surface area contributed by atoms with E-state index in [0.717, 1.165) is 37.1 Å². The monoisotopic (exact) mass is 545 g/mol. The zero-order valence-corrected chi connectivity index (χ0v) is 21.8. The number of likely N-dealkylation sites (tertiary alicyclic amines) is 1. The second-order valence-electron chi connectivity index (χ2n) is 8.36. The van der Waals surface area contributed by atoms with Crippen LogP contribution in [0.1, 0.15) is 49.6 Å². The minimum absolute atomic E-state index is 0. The number of aliphatic imine (C=N–C) groups is 1. The second kappa shape index (κ2) is 12.0. The third-order valence-electron chi connectivity index (χ3n) is 5.71. The minimum atomic E-state index is 0. The molecule has 0 radical (unpaired) electrons. The van der Waals surface area contributed by atoms with Crippen LogP contribution in [0, 0.1) is 6.92 Å². The molecule has 30 heavy (non-hydrogen) atoms. The molecule has 1 saturated heterocycles. The zero-order chi connectivity index (χ0) is 20.7. The second-order valence-corrected chi connectivity index (χ2v) is 9.39. The third-order valence-corrected chi connectivity index (χ3v) is 6.64. The van der Waals surface area contributed by atoms with E-state index < -0.39 is 0 Å². The standard InChI is InChI=1S/C21H35N7S.HI/c1-17-25-26-19(27(17)4)15-23-20(22-11-10-18-9-8-14-29-18)24-16-21(2,3)28-12-6-5-7-13-28;/h8-9,14H,5-7,10-13,15-16H2,1-4H3,(H2,22,23,24);1H. The van der Waals surface area contributed by atoms with Gasteiger partial charge in [-0.15, -0.1) is 45.5 Å². The molecule has 0 unspecified atom stereocenters. The molecule has 2 aromatic rings. The Bertz CT molecular complexity index is 779. The predicted octanol–water partition coefficient (Wildman–Crippen LogP) is 3.35. The van der Waals surface area contributed by atoms with Gasteiger partial charge >= 0.3 is 0 Å². The van der Waals surface area contributed by atoms with Crippen LogP contribution in [0.5, 0.6) is 0 Å². The maximum atomic E-state index is 4.79. The van der Waals surface area contributed by atoms with Crippen molar-refractivity contribution in [2.75, 3.05) is 26.2 Å². The van der Waals surface area contributed by atoms with E-state index in [9.17, 15) is 0 Å². The molecule has 0 amide bonds. The molecule has 0 aliphatic carbocycles. The fourth-order valence-electron chi connectivity index (χ4n) is 3.58. The summed E-state index contributed by atoms with van der Waals surface area (Å²) in [5.74, 6) is 2.62. The highest BCUT2D eigenvalue weighted by atomic mass is 127. The Morgan fingerprint density at radius 3 is 2.60 bits per heavy atom. The number of nitrogens with zero attached hydrogens (tertiary/aromatic N) is 5. The first-order valence-corrected chi connectivity index (χ1v) is 11.5. The van der Waals surface area contributed by atoms with Crippen LogP contribution in [-0.4, -0.2) is 57.3 Å². The van der Waals surface area contributed by atoms with Gasteiger partial charge in [-0.2, -0.15) is 0 Å².